The lowest BCUT2D eigenvalue weighted by Crippen LogP contribution is -2.34. The molecular formula is C55H43N7O10. The van der Waals surface area contributed by atoms with Gasteiger partial charge in [-0.05, 0) is 90.7 Å². The van der Waals surface area contributed by atoms with Gasteiger partial charge in [-0.2, -0.15) is 0 Å². The third-order valence-electron chi connectivity index (χ3n) is 13.6. The molecule has 72 heavy (non-hydrogen) atoms. The van der Waals surface area contributed by atoms with Crippen LogP contribution in [0.25, 0.3) is 21.9 Å². The number of imide groups is 2. The lowest BCUT2D eigenvalue weighted by atomic mass is 10.1. The Morgan fingerprint density at radius 3 is 1.61 bits per heavy atom. The van der Waals surface area contributed by atoms with Gasteiger partial charge in [-0.1, -0.05) is 48.5 Å². The fraction of sp³-hybridized carbons (Fsp3) is 0.218. The van der Waals surface area contributed by atoms with Crippen LogP contribution in [0.4, 0.5) is 0 Å². The first-order chi connectivity index (χ1) is 35.2. The Kier molecular flexibility index (Phi) is 11.1. The molecule has 0 N–H and O–H groups in total. The smallest absolute Gasteiger partial charge is 0.263 e. The Bertz CT molecular complexity index is 3650. The second kappa shape index (κ2) is 18.1. The summed E-state index contributed by atoms with van der Waals surface area (Å²) in [7, 11) is 0. The Morgan fingerprint density at radius 2 is 1.00 bits per heavy atom. The van der Waals surface area contributed by atoms with Crippen molar-refractivity contribution in [2.75, 3.05) is 32.9 Å². The maximum Gasteiger partial charge on any atom is 0.263 e. The van der Waals surface area contributed by atoms with Crippen molar-refractivity contribution in [2.45, 2.75) is 44.9 Å². The van der Waals surface area contributed by atoms with E-state index in [1.807, 2.05) is 42.5 Å². The number of aryl methyl sites for hydroxylation is 2. The van der Waals surface area contributed by atoms with Crippen LogP contribution < -0.4 is 30.1 Å². The summed E-state index contributed by atoms with van der Waals surface area (Å²) in [5.74, 6) is 1.57. The molecule has 4 aliphatic heterocycles. The minimum absolute atomic E-state index is 0.0107. The summed E-state index contributed by atoms with van der Waals surface area (Å²) in [5.41, 5.74) is 3.90. The highest BCUT2D eigenvalue weighted by Crippen LogP contribution is 2.38. The minimum Gasteiger partial charge on any atom is -0.486 e. The van der Waals surface area contributed by atoms with Crippen LogP contribution in [0.5, 0.6) is 23.0 Å². The first-order valence-electron chi connectivity index (χ1n) is 23.8. The first kappa shape index (κ1) is 44.2. The Balaban J connectivity index is 0.793. The first-order valence-corrected chi connectivity index (χ1v) is 23.8. The SMILES string of the molecule is O=C1c2ccccc2C(=O)N1CCc1nc2ccccc2c(=O)n1CCc1ccc2c(c1)OC(c1cnc3nc(CCN4C(=O)c5ccccc5C4=O)n(CCc4ccc5c(c4)OCCO5)c(=O)c3c1)CO2. The summed E-state index contributed by atoms with van der Waals surface area (Å²) in [6.07, 6.45) is 2.09. The molecule has 3 aromatic heterocycles. The summed E-state index contributed by atoms with van der Waals surface area (Å²) in [5, 5.41) is 0.714. The van der Waals surface area contributed by atoms with E-state index in [0.29, 0.717) is 99.4 Å². The van der Waals surface area contributed by atoms with Crippen LogP contribution in [-0.4, -0.2) is 90.4 Å². The van der Waals surface area contributed by atoms with E-state index >= 15 is 0 Å². The third kappa shape index (κ3) is 7.88. The number of fused-ring (bicyclic) bond motifs is 6. The fourth-order valence-corrected chi connectivity index (χ4v) is 9.87. The molecule has 1 unspecified atom stereocenters. The molecule has 4 aliphatic rings. The molecule has 4 amide bonds. The van der Waals surface area contributed by atoms with Crippen LogP contribution in [0.3, 0.4) is 0 Å². The van der Waals surface area contributed by atoms with Crippen molar-refractivity contribution in [2.24, 2.45) is 0 Å². The molecule has 0 spiro atoms. The molecule has 8 aromatic rings. The molecule has 0 radical (unpaired) electrons. The van der Waals surface area contributed by atoms with Gasteiger partial charge in [0.05, 0.1) is 38.5 Å². The molecule has 0 aliphatic carbocycles. The minimum atomic E-state index is -0.648. The Hall–Kier alpha value is -8.99. The molecule has 0 fully saturated rings. The van der Waals surface area contributed by atoms with Gasteiger partial charge in [-0.3, -0.25) is 47.7 Å². The number of carbonyl (C=O) groups excluding carboxylic acids is 4. The summed E-state index contributed by atoms with van der Waals surface area (Å²) >= 11 is 0. The predicted octanol–water partition coefficient (Wildman–Crippen LogP) is 5.95. The average molecular weight is 962 g/mol. The van der Waals surface area contributed by atoms with E-state index in [4.69, 9.17) is 28.9 Å². The molecule has 7 heterocycles. The Labute approximate surface area is 409 Å². The molecule has 17 nitrogen and oxygen atoms in total. The predicted molar refractivity (Wildman–Crippen MR) is 261 cm³/mol. The van der Waals surface area contributed by atoms with Crippen LogP contribution >= 0.6 is 0 Å². The van der Waals surface area contributed by atoms with E-state index in [2.05, 4.69) is 4.98 Å². The number of pyridine rings is 1. The van der Waals surface area contributed by atoms with Crippen molar-refractivity contribution in [3.8, 4) is 23.0 Å². The lowest BCUT2D eigenvalue weighted by Gasteiger charge is -2.27. The van der Waals surface area contributed by atoms with Gasteiger partial charge in [0.15, 0.2) is 34.7 Å². The van der Waals surface area contributed by atoms with Crippen LogP contribution in [0, 0.1) is 0 Å². The average Bonchev–Trinajstić information content (AvgIpc) is 3.81. The van der Waals surface area contributed by atoms with Crippen molar-refractivity contribution in [1.82, 2.24) is 33.9 Å². The topological polar surface area (TPSA) is 194 Å². The second-order valence-electron chi connectivity index (χ2n) is 17.9. The van der Waals surface area contributed by atoms with Gasteiger partial charge in [0, 0.05) is 50.8 Å². The lowest BCUT2D eigenvalue weighted by molar-refractivity contribution is 0.0639. The maximum absolute atomic E-state index is 14.6. The molecule has 0 saturated heterocycles. The zero-order valence-electron chi connectivity index (χ0n) is 38.6. The molecule has 0 saturated carbocycles. The van der Waals surface area contributed by atoms with E-state index in [1.54, 1.807) is 88.1 Å². The van der Waals surface area contributed by atoms with Crippen LogP contribution in [0.1, 0.15) is 75.9 Å². The van der Waals surface area contributed by atoms with Gasteiger partial charge in [0.25, 0.3) is 34.7 Å². The number of aromatic nitrogens is 5. The molecular weight excluding hydrogens is 919 g/mol. The number of carbonyl (C=O) groups is 4. The maximum atomic E-state index is 14.6. The number of ether oxygens (including phenoxy) is 4. The highest BCUT2D eigenvalue weighted by atomic mass is 16.6. The standard InChI is InChI=1S/C55H43N7O10/c63-50-35-7-1-2-8-36(35)51(64)61(50)23-19-47-57-41-12-6-5-11-39(41)54(67)59(47)21-18-33-14-16-43-45(28-33)72-46(31-71-43)34-29-40-49(56-30-34)58-48(20-24-62-52(65)37-9-3-4-10-38(37)53(62)66)60(55(40)68)22-17-32-13-15-42-44(27-32)70-26-25-69-42/h1-16,27-30,46H,17-26,31H2. The molecule has 1 atom stereocenters. The summed E-state index contributed by atoms with van der Waals surface area (Å²) < 4.78 is 27.5. The van der Waals surface area contributed by atoms with Crippen molar-refractivity contribution in [3.63, 3.8) is 0 Å². The number of benzene rings is 5. The number of nitrogens with zero attached hydrogens (tertiary/aromatic N) is 7. The van der Waals surface area contributed by atoms with Crippen molar-refractivity contribution in [3.05, 3.63) is 193 Å². The van der Waals surface area contributed by atoms with Gasteiger partial charge in [-0.25, -0.2) is 15.0 Å². The zero-order chi connectivity index (χ0) is 49.0. The van der Waals surface area contributed by atoms with E-state index in [9.17, 15) is 28.8 Å². The van der Waals surface area contributed by atoms with E-state index in [1.165, 1.54) is 9.80 Å². The Morgan fingerprint density at radius 1 is 0.486 bits per heavy atom. The summed E-state index contributed by atoms with van der Waals surface area (Å²) in [6, 6.07) is 33.5. The number of para-hydroxylation sites is 1. The van der Waals surface area contributed by atoms with Gasteiger partial charge in [0.2, 0.25) is 0 Å². The molecule has 12 rings (SSSR count). The highest BCUT2D eigenvalue weighted by Gasteiger charge is 2.36. The quantitative estimate of drug-likeness (QED) is 0.123. The fourth-order valence-electron chi connectivity index (χ4n) is 9.87. The van der Waals surface area contributed by atoms with E-state index in [-0.39, 0.29) is 79.6 Å². The monoisotopic (exact) mass is 961 g/mol. The van der Waals surface area contributed by atoms with Crippen molar-refractivity contribution in [1.29, 1.82) is 0 Å². The second-order valence-corrected chi connectivity index (χ2v) is 17.9. The van der Waals surface area contributed by atoms with Gasteiger partial charge in [0.1, 0.15) is 31.5 Å². The largest absolute Gasteiger partial charge is 0.486 e. The zero-order valence-corrected chi connectivity index (χ0v) is 38.6. The third-order valence-corrected chi connectivity index (χ3v) is 13.6. The normalized spacial score (nSPS) is 15.7. The number of hydrogen-bond acceptors (Lipinski definition) is 13. The van der Waals surface area contributed by atoms with E-state index < -0.39 is 17.9 Å². The molecule has 5 aromatic carbocycles. The van der Waals surface area contributed by atoms with Gasteiger partial charge >= 0.3 is 0 Å². The number of amides is 4. The molecule has 358 valence electrons. The molecule has 17 heteroatoms. The van der Waals surface area contributed by atoms with Gasteiger partial charge < -0.3 is 18.9 Å². The highest BCUT2D eigenvalue weighted by molar-refractivity contribution is 6.22. The van der Waals surface area contributed by atoms with Gasteiger partial charge in [-0.15, -0.1) is 0 Å². The van der Waals surface area contributed by atoms with E-state index in [0.717, 1.165) is 11.1 Å². The van der Waals surface area contributed by atoms with Crippen LogP contribution in [0.15, 0.2) is 131 Å². The van der Waals surface area contributed by atoms with Crippen molar-refractivity contribution >= 4 is 45.6 Å². The number of rotatable bonds is 13. The summed E-state index contributed by atoms with van der Waals surface area (Å²) in [4.78, 5) is 98.3. The van der Waals surface area contributed by atoms with Crippen LogP contribution in [-0.2, 0) is 38.8 Å². The summed E-state index contributed by atoms with van der Waals surface area (Å²) in [6.45, 7) is 1.58. The number of hydrogen-bond donors (Lipinski definition) is 0. The van der Waals surface area contributed by atoms with Crippen molar-refractivity contribution < 1.29 is 38.1 Å². The molecule has 0 bridgehead atoms. The van der Waals surface area contributed by atoms with Crippen LogP contribution in [0.2, 0.25) is 0 Å².